The highest BCUT2D eigenvalue weighted by molar-refractivity contribution is 5.97. The number of phenolic OH excluding ortho intramolecular Hbond substituents is 1. The molecule has 0 radical (unpaired) electrons. The van der Waals surface area contributed by atoms with Crippen LogP contribution in [-0.4, -0.2) is 28.3 Å². The summed E-state index contributed by atoms with van der Waals surface area (Å²) in [5, 5.41) is 21.5. The predicted octanol–water partition coefficient (Wildman–Crippen LogP) is 1.59. The highest BCUT2D eigenvalue weighted by Crippen LogP contribution is 2.22. The van der Waals surface area contributed by atoms with Gasteiger partial charge in [0.15, 0.2) is 0 Å². The fourth-order valence-corrected chi connectivity index (χ4v) is 1.56. The van der Waals surface area contributed by atoms with Crippen LogP contribution in [0.25, 0.3) is 0 Å². The van der Waals surface area contributed by atoms with Gasteiger partial charge in [-0.1, -0.05) is 12.1 Å². The maximum Gasteiger partial charge on any atom is 0.255 e. The number of carbonyl (C=O) groups is 1. The lowest BCUT2D eigenvalue weighted by atomic mass is 10.00. The Hall–Kier alpha value is -1.55. The number of aliphatic hydroxyl groups excluding tert-OH is 1. The molecule has 0 fully saturated rings. The summed E-state index contributed by atoms with van der Waals surface area (Å²) < 4.78 is 0. The van der Waals surface area contributed by atoms with Gasteiger partial charge in [-0.25, -0.2) is 0 Å². The average molecular weight is 237 g/mol. The lowest BCUT2D eigenvalue weighted by Gasteiger charge is -2.25. The zero-order valence-corrected chi connectivity index (χ0v) is 10.4. The molecule has 0 spiro atoms. The number of hydrogen-bond acceptors (Lipinski definition) is 3. The third-order valence-electron chi connectivity index (χ3n) is 2.67. The maximum absolute atomic E-state index is 12.0. The molecule has 0 aliphatic carbocycles. The second-order valence-electron chi connectivity index (χ2n) is 4.78. The topological polar surface area (TPSA) is 69.6 Å². The summed E-state index contributed by atoms with van der Waals surface area (Å²) >= 11 is 0. The van der Waals surface area contributed by atoms with Crippen LogP contribution in [0.2, 0.25) is 0 Å². The highest BCUT2D eigenvalue weighted by atomic mass is 16.3. The summed E-state index contributed by atoms with van der Waals surface area (Å²) in [5.41, 5.74) is 0.427. The second kappa shape index (κ2) is 5.19. The molecule has 0 saturated carbocycles. The number of benzene rings is 1. The third kappa shape index (κ3) is 3.46. The largest absolute Gasteiger partial charge is 0.507 e. The van der Waals surface area contributed by atoms with E-state index in [9.17, 15) is 9.90 Å². The zero-order chi connectivity index (χ0) is 13.1. The standard InChI is InChI=1S/C13H19NO3/c1-9-5-4-6-10(11(9)16)12(17)14-13(2,3)7-8-15/h4-6,15-16H,7-8H2,1-3H3,(H,14,17). The minimum Gasteiger partial charge on any atom is -0.507 e. The first kappa shape index (κ1) is 13.5. The summed E-state index contributed by atoms with van der Waals surface area (Å²) in [4.78, 5) is 12.0. The van der Waals surface area contributed by atoms with Crippen molar-refractivity contribution in [2.75, 3.05) is 6.61 Å². The SMILES string of the molecule is Cc1cccc(C(=O)NC(C)(C)CCO)c1O. The number of hydrogen-bond donors (Lipinski definition) is 3. The summed E-state index contributed by atoms with van der Waals surface area (Å²) in [6.07, 6.45) is 0.464. The van der Waals surface area contributed by atoms with E-state index >= 15 is 0 Å². The van der Waals surface area contributed by atoms with Crippen molar-refractivity contribution in [1.82, 2.24) is 5.32 Å². The summed E-state index contributed by atoms with van der Waals surface area (Å²) in [7, 11) is 0. The molecule has 17 heavy (non-hydrogen) atoms. The summed E-state index contributed by atoms with van der Waals surface area (Å²) in [6, 6.07) is 5.04. The van der Waals surface area contributed by atoms with Crippen LogP contribution < -0.4 is 5.32 Å². The van der Waals surface area contributed by atoms with Gasteiger partial charge in [-0.05, 0) is 38.8 Å². The molecule has 1 rings (SSSR count). The van der Waals surface area contributed by atoms with Crippen molar-refractivity contribution in [3.05, 3.63) is 29.3 Å². The molecule has 0 saturated heterocycles. The van der Waals surface area contributed by atoms with E-state index in [-0.39, 0.29) is 23.8 Å². The summed E-state index contributed by atoms with van der Waals surface area (Å²) in [5.74, 6) is -0.325. The number of para-hydroxylation sites is 1. The van der Waals surface area contributed by atoms with Crippen LogP contribution in [0.4, 0.5) is 0 Å². The van der Waals surface area contributed by atoms with E-state index in [1.807, 2.05) is 13.8 Å². The third-order valence-corrected chi connectivity index (χ3v) is 2.67. The number of aliphatic hydroxyl groups is 1. The van der Waals surface area contributed by atoms with Crippen LogP contribution >= 0.6 is 0 Å². The van der Waals surface area contributed by atoms with Crippen molar-refractivity contribution in [3.63, 3.8) is 0 Å². The molecule has 4 nitrogen and oxygen atoms in total. The van der Waals surface area contributed by atoms with Gasteiger partial charge in [-0.15, -0.1) is 0 Å². The molecule has 1 aromatic rings. The van der Waals surface area contributed by atoms with Gasteiger partial charge in [0, 0.05) is 12.1 Å². The number of amides is 1. The van der Waals surface area contributed by atoms with E-state index in [0.717, 1.165) is 0 Å². The van der Waals surface area contributed by atoms with Crippen LogP contribution in [0.1, 0.15) is 36.2 Å². The van der Waals surface area contributed by atoms with Crippen LogP contribution in [0.5, 0.6) is 5.75 Å². The number of rotatable bonds is 4. The molecule has 4 heteroatoms. The van der Waals surface area contributed by atoms with Gasteiger partial charge in [0.25, 0.3) is 5.91 Å². The number of aromatic hydroxyl groups is 1. The first-order valence-corrected chi connectivity index (χ1v) is 5.59. The van der Waals surface area contributed by atoms with Gasteiger partial charge >= 0.3 is 0 Å². The molecule has 3 N–H and O–H groups in total. The molecule has 1 aromatic carbocycles. The van der Waals surface area contributed by atoms with Crippen molar-refractivity contribution in [3.8, 4) is 5.75 Å². The van der Waals surface area contributed by atoms with Crippen molar-refractivity contribution in [1.29, 1.82) is 0 Å². The Morgan fingerprint density at radius 2 is 2.06 bits per heavy atom. The minimum absolute atomic E-state index is 0.00444. The minimum atomic E-state index is -0.498. The Kier molecular flexibility index (Phi) is 4.12. The first-order valence-electron chi connectivity index (χ1n) is 5.59. The number of carbonyl (C=O) groups excluding carboxylic acids is 1. The van der Waals surface area contributed by atoms with Gasteiger partial charge in [-0.3, -0.25) is 4.79 Å². The van der Waals surface area contributed by atoms with E-state index in [0.29, 0.717) is 12.0 Å². The Labute approximate surface area is 101 Å². The molecule has 0 heterocycles. The fourth-order valence-electron chi connectivity index (χ4n) is 1.56. The molecule has 0 atom stereocenters. The smallest absolute Gasteiger partial charge is 0.255 e. The van der Waals surface area contributed by atoms with E-state index in [2.05, 4.69) is 5.32 Å². The lowest BCUT2D eigenvalue weighted by molar-refractivity contribution is 0.0896. The monoisotopic (exact) mass is 237 g/mol. The van der Waals surface area contributed by atoms with Crippen LogP contribution in [0, 0.1) is 6.92 Å². The second-order valence-corrected chi connectivity index (χ2v) is 4.78. The van der Waals surface area contributed by atoms with E-state index in [1.54, 1.807) is 25.1 Å². The Morgan fingerprint density at radius 3 is 2.65 bits per heavy atom. The van der Waals surface area contributed by atoms with E-state index in [1.165, 1.54) is 0 Å². The van der Waals surface area contributed by atoms with Crippen LogP contribution in [0.15, 0.2) is 18.2 Å². The van der Waals surface area contributed by atoms with Crippen LogP contribution in [0.3, 0.4) is 0 Å². The van der Waals surface area contributed by atoms with Gasteiger partial charge < -0.3 is 15.5 Å². The maximum atomic E-state index is 12.0. The number of nitrogens with one attached hydrogen (secondary N) is 1. The lowest BCUT2D eigenvalue weighted by Crippen LogP contribution is -2.44. The Morgan fingerprint density at radius 1 is 1.41 bits per heavy atom. The van der Waals surface area contributed by atoms with Crippen molar-refractivity contribution >= 4 is 5.91 Å². The van der Waals surface area contributed by atoms with Crippen molar-refractivity contribution in [2.45, 2.75) is 32.7 Å². The molecule has 1 amide bonds. The molecular formula is C13H19NO3. The summed E-state index contributed by atoms with van der Waals surface area (Å²) in [6.45, 7) is 5.40. The first-order chi connectivity index (χ1) is 7.87. The molecule has 0 bridgehead atoms. The van der Waals surface area contributed by atoms with E-state index < -0.39 is 5.54 Å². The quantitative estimate of drug-likeness (QED) is 0.744. The Bertz CT molecular complexity index is 413. The highest BCUT2D eigenvalue weighted by Gasteiger charge is 2.22. The van der Waals surface area contributed by atoms with Crippen molar-refractivity contribution in [2.24, 2.45) is 0 Å². The van der Waals surface area contributed by atoms with Crippen molar-refractivity contribution < 1.29 is 15.0 Å². The molecule has 0 unspecified atom stereocenters. The number of aryl methyl sites for hydroxylation is 1. The fraction of sp³-hybridized carbons (Fsp3) is 0.462. The molecule has 0 aromatic heterocycles. The molecule has 94 valence electrons. The van der Waals surface area contributed by atoms with Gasteiger partial charge in [0.05, 0.1) is 5.56 Å². The van der Waals surface area contributed by atoms with Gasteiger partial charge in [0.1, 0.15) is 5.75 Å². The molecule has 0 aliphatic rings. The zero-order valence-electron chi connectivity index (χ0n) is 10.4. The predicted molar refractivity (Wildman–Crippen MR) is 66.1 cm³/mol. The van der Waals surface area contributed by atoms with E-state index in [4.69, 9.17) is 5.11 Å². The van der Waals surface area contributed by atoms with Crippen LogP contribution in [-0.2, 0) is 0 Å². The molecule has 0 aliphatic heterocycles. The Balaban J connectivity index is 2.87. The number of phenols is 1. The van der Waals surface area contributed by atoms with Gasteiger partial charge in [-0.2, -0.15) is 0 Å². The van der Waals surface area contributed by atoms with Gasteiger partial charge in [0.2, 0.25) is 0 Å². The molecular weight excluding hydrogens is 218 g/mol. The normalized spacial score (nSPS) is 11.3. The average Bonchev–Trinajstić information content (AvgIpc) is 2.21.